The molecule has 7 nitrogen and oxygen atoms in total. The van der Waals surface area contributed by atoms with Gasteiger partial charge in [0, 0.05) is 50.4 Å². The van der Waals surface area contributed by atoms with Crippen molar-refractivity contribution < 1.29 is 9.13 Å². The lowest BCUT2D eigenvalue weighted by molar-refractivity contribution is 0.189. The fourth-order valence-corrected chi connectivity index (χ4v) is 4.00. The Labute approximate surface area is 173 Å². The summed E-state index contributed by atoms with van der Waals surface area (Å²) in [5.41, 5.74) is 2.77. The maximum atomic E-state index is 14.6. The Morgan fingerprint density at radius 2 is 1.80 bits per heavy atom. The van der Waals surface area contributed by atoms with E-state index in [-0.39, 0.29) is 5.82 Å². The van der Waals surface area contributed by atoms with Crippen LogP contribution in [-0.2, 0) is 11.3 Å². The van der Waals surface area contributed by atoms with Gasteiger partial charge in [-0.15, -0.1) is 0 Å². The van der Waals surface area contributed by atoms with Crippen LogP contribution in [0, 0.1) is 5.82 Å². The predicted octanol–water partition coefficient (Wildman–Crippen LogP) is 3.73. The first kappa shape index (κ1) is 18.7. The van der Waals surface area contributed by atoms with E-state index in [4.69, 9.17) is 4.74 Å². The van der Waals surface area contributed by atoms with Gasteiger partial charge < -0.3 is 4.74 Å². The summed E-state index contributed by atoms with van der Waals surface area (Å²) in [5, 5.41) is 5.31. The second-order valence-corrected chi connectivity index (χ2v) is 7.47. The van der Waals surface area contributed by atoms with Gasteiger partial charge in [0.15, 0.2) is 11.6 Å². The molecule has 0 bridgehead atoms. The van der Waals surface area contributed by atoms with Crippen LogP contribution in [-0.4, -0.2) is 43.4 Å². The number of rotatable bonds is 7. The SMILES string of the molecule is COCCCn1ncc2c([C@@H]3C[C@H]3c3cnc(-c4ncccn4)nc3)ccc(F)c21. The number of fused-ring (bicyclic) bond motifs is 1. The maximum Gasteiger partial charge on any atom is 0.197 e. The average Bonchev–Trinajstić information content (AvgIpc) is 3.47. The van der Waals surface area contributed by atoms with Crippen LogP contribution < -0.4 is 0 Å². The molecule has 0 aliphatic heterocycles. The summed E-state index contributed by atoms with van der Waals surface area (Å²) in [4.78, 5) is 17.2. The van der Waals surface area contributed by atoms with E-state index in [0.717, 1.165) is 29.4 Å². The number of methoxy groups -OCH3 is 1. The van der Waals surface area contributed by atoms with E-state index >= 15 is 0 Å². The molecule has 1 fully saturated rings. The minimum Gasteiger partial charge on any atom is -0.385 e. The second kappa shape index (κ2) is 7.87. The van der Waals surface area contributed by atoms with Crippen LogP contribution in [0.15, 0.2) is 49.2 Å². The highest BCUT2D eigenvalue weighted by molar-refractivity contribution is 5.84. The van der Waals surface area contributed by atoms with Crippen molar-refractivity contribution in [3.8, 4) is 11.6 Å². The summed E-state index contributed by atoms with van der Waals surface area (Å²) in [7, 11) is 1.66. The standard InChI is InChI=1S/C22H21FN6O/c1-30-9-3-8-29-20-18(13-28-29)15(4-5-19(20)23)17-10-16(17)14-11-26-22(27-12-14)21-24-6-2-7-25-21/h2,4-7,11-13,16-17H,3,8-10H2,1H3/t16-,17-/m0/s1. The van der Waals surface area contributed by atoms with E-state index in [0.29, 0.717) is 42.2 Å². The average molecular weight is 404 g/mol. The first-order chi connectivity index (χ1) is 14.8. The molecular formula is C22H21FN6O. The molecule has 8 heteroatoms. The first-order valence-electron chi connectivity index (χ1n) is 9.98. The van der Waals surface area contributed by atoms with Crippen molar-refractivity contribution >= 4 is 10.9 Å². The molecule has 30 heavy (non-hydrogen) atoms. The zero-order valence-corrected chi connectivity index (χ0v) is 16.6. The topological polar surface area (TPSA) is 78.6 Å². The predicted molar refractivity (Wildman–Crippen MR) is 109 cm³/mol. The summed E-state index contributed by atoms with van der Waals surface area (Å²) < 4.78 is 21.4. The van der Waals surface area contributed by atoms with Gasteiger partial charge in [-0.2, -0.15) is 5.10 Å². The lowest BCUT2D eigenvalue weighted by Gasteiger charge is -2.07. The summed E-state index contributed by atoms with van der Waals surface area (Å²) in [5.74, 6) is 1.42. The zero-order chi connectivity index (χ0) is 20.5. The van der Waals surface area contributed by atoms with E-state index < -0.39 is 0 Å². The third-order valence-corrected chi connectivity index (χ3v) is 5.56. The fourth-order valence-electron chi connectivity index (χ4n) is 4.00. The molecule has 1 saturated carbocycles. The van der Waals surface area contributed by atoms with Crippen LogP contribution in [0.5, 0.6) is 0 Å². The minimum absolute atomic E-state index is 0.239. The number of aromatic nitrogens is 6. The van der Waals surface area contributed by atoms with Crippen molar-refractivity contribution in [1.29, 1.82) is 0 Å². The molecule has 0 unspecified atom stereocenters. The third-order valence-electron chi connectivity index (χ3n) is 5.56. The third kappa shape index (κ3) is 3.43. The zero-order valence-electron chi connectivity index (χ0n) is 16.6. The number of halogens is 1. The number of nitrogens with zero attached hydrogens (tertiary/aromatic N) is 6. The molecule has 5 rings (SSSR count). The van der Waals surface area contributed by atoms with Crippen molar-refractivity contribution in [3.05, 3.63) is 66.1 Å². The lowest BCUT2D eigenvalue weighted by Crippen LogP contribution is -2.04. The van der Waals surface area contributed by atoms with Crippen LogP contribution in [0.3, 0.4) is 0 Å². The smallest absolute Gasteiger partial charge is 0.197 e. The van der Waals surface area contributed by atoms with Gasteiger partial charge in [-0.05, 0) is 47.9 Å². The molecule has 0 N–H and O–H groups in total. The monoisotopic (exact) mass is 404 g/mol. The van der Waals surface area contributed by atoms with Gasteiger partial charge in [0.2, 0.25) is 0 Å². The Kier molecular flexibility index (Phi) is 4.92. The Morgan fingerprint density at radius 3 is 2.57 bits per heavy atom. The molecule has 152 valence electrons. The fraction of sp³-hybridized carbons (Fsp3) is 0.318. The van der Waals surface area contributed by atoms with Crippen molar-refractivity contribution in [2.75, 3.05) is 13.7 Å². The molecular weight excluding hydrogens is 383 g/mol. The van der Waals surface area contributed by atoms with Crippen molar-refractivity contribution in [1.82, 2.24) is 29.7 Å². The molecule has 1 aromatic carbocycles. The van der Waals surface area contributed by atoms with Crippen LogP contribution in [0.25, 0.3) is 22.6 Å². The molecule has 3 heterocycles. The van der Waals surface area contributed by atoms with E-state index in [9.17, 15) is 4.39 Å². The second-order valence-electron chi connectivity index (χ2n) is 7.47. The highest BCUT2D eigenvalue weighted by Crippen LogP contribution is 2.55. The number of benzene rings is 1. The van der Waals surface area contributed by atoms with Gasteiger partial charge >= 0.3 is 0 Å². The van der Waals surface area contributed by atoms with Crippen molar-refractivity contribution in [2.24, 2.45) is 0 Å². The number of hydrogen-bond donors (Lipinski definition) is 0. The summed E-state index contributed by atoms with van der Waals surface area (Å²) in [6.07, 6.45) is 10.6. The van der Waals surface area contributed by atoms with E-state index in [2.05, 4.69) is 25.0 Å². The van der Waals surface area contributed by atoms with E-state index in [1.54, 1.807) is 42.5 Å². The van der Waals surface area contributed by atoms with Gasteiger partial charge in [0.05, 0.1) is 6.20 Å². The lowest BCUT2D eigenvalue weighted by atomic mass is 10.0. The molecule has 3 aromatic heterocycles. The number of hydrogen-bond acceptors (Lipinski definition) is 6. The Hall–Kier alpha value is -3.26. The van der Waals surface area contributed by atoms with Gasteiger partial charge in [-0.1, -0.05) is 6.07 Å². The Balaban J connectivity index is 1.38. The van der Waals surface area contributed by atoms with Crippen LogP contribution in [0.1, 0.15) is 35.8 Å². The van der Waals surface area contributed by atoms with E-state index in [1.807, 2.05) is 18.5 Å². The largest absolute Gasteiger partial charge is 0.385 e. The minimum atomic E-state index is -0.239. The van der Waals surface area contributed by atoms with Gasteiger partial charge in [0.25, 0.3) is 0 Å². The number of aryl methyl sites for hydroxylation is 1. The molecule has 0 spiro atoms. The molecule has 0 radical (unpaired) electrons. The van der Waals surface area contributed by atoms with Gasteiger partial charge in [-0.25, -0.2) is 24.3 Å². The molecule has 0 saturated heterocycles. The van der Waals surface area contributed by atoms with Crippen LogP contribution >= 0.6 is 0 Å². The van der Waals surface area contributed by atoms with Gasteiger partial charge in [0.1, 0.15) is 11.3 Å². The molecule has 1 aliphatic rings. The number of ether oxygens (including phenoxy) is 1. The molecule has 0 amide bonds. The molecule has 4 aromatic rings. The molecule has 2 atom stereocenters. The Bertz CT molecular complexity index is 1160. The highest BCUT2D eigenvalue weighted by Gasteiger charge is 2.41. The summed E-state index contributed by atoms with van der Waals surface area (Å²) >= 11 is 0. The summed E-state index contributed by atoms with van der Waals surface area (Å²) in [6.45, 7) is 1.25. The highest BCUT2D eigenvalue weighted by atomic mass is 19.1. The first-order valence-corrected chi connectivity index (χ1v) is 9.98. The Morgan fingerprint density at radius 1 is 1.03 bits per heavy atom. The van der Waals surface area contributed by atoms with Gasteiger partial charge in [-0.3, -0.25) is 4.68 Å². The quantitative estimate of drug-likeness (QED) is 0.437. The maximum absolute atomic E-state index is 14.6. The molecule has 1 aliphatic carbocycles. The summed E-state index contributed by atoms with van der Waals surface area (Å²) in [6, 6.07) is 5.19. The van der Waals surface area contributed by atoms with E-state index in [1.165, 1.54) is 0 Å². The van der Waals surface area contributed by atoms with Crippen molar-refractivity contribution in [2.45, 2.75) is 31.2 Å². The normalized spacial score (nSPS) is 18.1. The van der Waals surface area contributed by atoms with Crippen molar-refractivity contribution in [3.63, 3.8) is 0 Å². The van der Waals surface area contributed by atoms with Crippen LogP contribution in [0.2, 0.25) is 0 Å². The van der Waals surface area contributed by atoms with Crippen LogP contribution in [0.4, 0.5) is 4.39 Å².